The first-order chi connectivity index (χ1) is 10.2. The molecule has 2 rings (SSSR count). The van der Waals surface area contributed by atoms with Crippen molar-refractivity contribution in [1.29, 1.82) is 0 Å². The first-order valence-electron chi connectivity index (χ1n) is 6.16. The minimum Gasteiger partial charge on any atom is -0.384 e. The highest BCUT2D eigenvalue weighted by Gasteiger charge is 2.04. The third-order valence-electron chi connectivity index (χ3n) is 2.46. The van der Waals surface area contributed by atoms with Gasteiger partial charge in [0, 0.05) is 10.6 Å². The van der Waals surface area contributed by atoms with Gasteiger partial charge in [-0.15, -0.1) is 11.3 Å². The average molecular weight is 304 g/mol. The molecule has 0 fully saturated rings. The van der Waals surface area contributed by atoms with E-state index in [-0.39, 0.29) is 6.61 Å². The highest BCUT2D eigenvalue weighted by atomic mass is 32.1. The maximum absolute atomic E-state index is 13.0. The molecule has 1 aromatic carbocycles. The number of thiophene rings is 1. The molecular formula is C15H13FN2O2S. The van der Waals surface area contributed by atoms with Crippen LogP contribution in [0.2, 0.25) is 0 Å². The van der Waals surface area contributed by atoms with E-state index in [9.17, 15) is 9.18 Å². The van der Waals surface area contributed by atoms with E-state index in [1.54, 1.807) is 6.07 Å². The fourth-order valence-electron chi connectivity index (χ4n) is 1.58. The zero-order chi connectivity index (χ0) is 15.1. The van der Waals surface area contributed by atoms with Crippen molar-refractivity contribution in [2.45, 2.75) is 6.54 Å². The molecule has 21 heavy (non-hydrogen) atoms. The summed E-state index contributed by atoms with van der Waals surface area (Å²) < 4.78 is 13.0. The summed E-state index contributed by atoms with van der Waals surface area (Å²) in [7, 11) is 0. The normalized spacial score (nSPS) is 9.62. The number of rotatable bonds is 3. The highest BCUT2D eigenvalue weighted by molar-refractivity contribution is 7.12. The first kappa shape index (κ1) is 15.0. The van der Waals surface area contributed by atoms with Crippen LogP contribution in [0.1, 0.15) is 9.75 Å². The predicted octanol–water partition coefficient (Wildman–Crippen LogP) is 2.55. The summed E-state index contributed by atoms with van der Waals surface area (Å²) in [5.74, 6) is 4.95. The Hall–Kier alpha value is -2.36. The Morgan fingerprint density at radius 3 is 2.95 bits per heavy atom. The van der Waals surface area contributed by atoms with Gasteiger partial charge in [-0.1, -0.05) is 17.9 Å². The van der Waals surface area contributed by atoms with Crippen LogP contribution in [0, 0.1) is 17.7 Å². The molecule has 0 aliphatic rings. The van der Waals surface area contributed by atoms with Gasteiger partial charge in [0.15, 0.2) is 0 Å². The van der Waals surface area contributed by atoms with Crippen LogP contribution in [0.3, 0.4) is 0 Å². The van der Waals surface area contributed by atoms with Crippen molar-refractivity contribution < 1.29 is 14.3 Å². The Kier molecular flexibility index (Phi) is 5.32. The largest absolute Gasteiger partial charge is 0.384 e. The molecule has 1 aromatic heterocycles. The standard InChI is InChI=1S/C15H13FN2O2S/c16-11-3-1-4-12(9-11)18-15(20)17-10-14-7-6-13(21-14)5-2-8-19/h1,3-4,6-7,9,19H,8,10H2,(H2,17,18,20). The monoisotopic (exact) mass is 304 g/mol. The summed E-state index contributed by atoms with van der Waals surface area (Å²) in [4.78, 5) is 13.4. The summed E-state index contributed by atoms with van der Waals surface area (Å²) in [5.41, 5.74) is 0.396. The van der Waals surface area contributed by atoms with E-state index >= 15 is 0 Å². The first-order valence-corrected chi connectivity index (χ1v) is 6.98. The molecule has 2 aromatic rings. The van der Waals surface area contributed by atoms with Gasteiger partial charge in [0.1, 0.15) is 12.4 Å². The van der Waals surface area contributed by atoms with Crippen molar-refractivity contribution in [2.75, 3.05) is 11.9 Å². The Morgan fingerprint density at radius 1 is 1.33 bits per heavy atom. The highest BCUT2D eigenvalue weighted by Crippen LogP contribution is 2.15. The topological polar surface area (TPSA) is 61.4 Å². The summed E-state index contributed by atoms with van der Waals surface area (Å²) in [6, 6.07) is 8.96. The third-order valence-corrected chi connectivity index (χ3v) is 3.46. The van der Waals surface area contributed by atoms with Gasteiger partial charge in [0.05, 0.1) is 11.4 Å². The van der Waals surface area contributed by atoms with Crippen LogP contribution >= 0.6 is 11.3 Å². The molecular weight excluding hydrogens is 291 g/mol. The fourth-order valence-corrected chi connectivity index (χ4v) is 2.40. The van der Waals surface area contributed by atoms with Crippen molar-refractivity contribution in [3.05, 3.63) is 52.0 Å². The molecule has 0 saturated carbocycles. The van der Waals surface area contributed by atoms with Crippen molar-refractivity contribution in [2.24, 2.45) is 0 Å². The molecule has 1 heterocycles. The van der Waals surface area contributed by atoms with Gasteiger partial charge in [0.2, 0.25) is 0 Å². The van der Waals surface area contributed by atoms with E-state index in [0.29, 0.717) is 12.2 Å². The smallest absolute Gasteiger partial charge is 0.319 e. The quantitative estimate of drug-likeness (QED) is 0.763. The lowest BCUT2D eigenvalue weighted by atomic mass is 10.3. The minimum atomic E-state index is -0.406. The number of aliphatic hydroxyl groups is 1. The SMILES string of the molecule is O=C(NCc1ccc(C#CCO)s1)Nc1cccc(F)c1. The van der Waals surface area contributed by atoms with Gasteiger partial charge in [-0.2, -0.15) is 0 Å². The Bertz CT molecular complexity index is 688. The maximum atomic E-state index is 13.0. The zero-order valence-electron chi connectivity index (χ0n) is 11.0. The second-order valence-corrected chi connectivity index (χ2v) is 5.21. The summed E-state index contributed by atoms with van der Waals surface area (Å²) >= 11 is 1.44. The molecule has 4 nitrogen and oxygen atoms in total. The third kappa shape index (κ3) is 4.91. The molecule has 0 aliphatic heterocycles. The van der Waals surface area contributed by atoms with Crippen LogP contribution in [0.4, 0.5) is 14.9 Å². The van der Waals surface area contributed by atoms with Gasteiger partial charge in [-0.05, 0) is 30.3 Å². The van der Waals surface area contributed by atoms with E-state index in [0.717, 1.165) is 9.75 Å². The number of aliphatic hydroxyl groups excluding tert-OH is 1. The number of hydrogen-bond acceptors (Lipinski definition) is 3. The van der Waals surface area contributed by atoms with E-state index in [2.05, 4.69) is 22.5 Å². The summed E-state index contributed by atoms with van der Waals surface area (Å²) in [6.45, 7) is 0.175. The number of carbonyl (C=O) groups is 1. The number of carbonyl (C=O) groups excluding carboxylic acids is 1. The number of nitrogens with one attached hydrogen (secondary N) is 2. The van der Waals surface area contributed by atoms with Gasteiger partial charge in [-0.3, -0.25) is 0 Å². The second-order valence-electron chi connectivity index (χ2n) is 4.04. The van der Waals surface area contributed by atoms with Crippen molar-refractivity contribution in [3.63, 3.8) is 0 Å². The maximum Gasteiger partial charge on any atom is 0.319 e. The molecule has 2 amide bonds. The molecule has 0 radical (unpaired) electrons. The van der Waals surface area contributed by atoms with Crippen LogP contribution in [0.5, 0.6) is 0 Å². The molecule has 0 saturated heterocycles. The van der Waals surface area contributed by atoms with Crippen molar-refractivity contribution in [1.82, 2.24) is 5.32 Å². The Morgan fingerprint density at radius 2 is 2.19 bits per heavy atom. The van der Waals surface area contributed by atoms with Gasteiger partial charge in [-0.25, -0.2) is 9.18 Å². The molecule has 0 bridgehead atoms. The molecule has 0 atom stereocenters. The van der Waals surface area contributed by atoms with Crippen LogP contribution in [-0.4, -0.2) is 17.7 Å². The number of amides is 2. The molecule has 0 spiro atoms. The number of hydrogen-bond donors (Lipinski definition) is 3. The molecule has 6 heteroatoms. The fraction of sp³-hybridized carbons (Fsp3) is 0.133. The van der Waals surface area contributed by atoms with E-state index in [1.165, 1.54) is 29.5 Å². The van der Waals surface area contributed by atoms with Crippen molar-refractivity contribution >= 4 is 23.1 Å². The van der Waals surface area contributed by atoms with Gasteiger partial charge >= 0.3 is 6.03 Å². The van der Waals surface area contributed by atoms with E-state index < -0.39 is 11.8 Å². The number of urea groups is 1. The Labute approximate surface area is 125 Å². The molecule has 3 N–H and O–H groups in total. The van der Waals surface area contributed by atoms with Crippen LogP contribution < -0.4 is 10.6 Å². The lowest BCUT2D eigenvalue weighted by Crippen LogP contribution is -2.27. The lowest BCUT2D eigenvalue weighted by Gasteiger charge is -2.06. The lowest BCUT2D eigenvalue weighted by molar-refractivity contribution is 0.252. The molecule has 108 valence electrons. The molecule has 0 unspecified atom stereocenters. The summed E-state index contributed by atoms with van der Waals surface area (Å²) in [6.07, 6.45) is 0. The zero-order valence-corrected chi connectivity index (χ0v) is 11.8. The number of anilines is 1. The minimum absolute atomic E-state index is 0.179. The van der Waals surface area contributed by atoms with E-state index in [4.69, 9.17) is 5.11 Å². The number of halogens is 1. The van der Waals surface area contributed by atoms with Crippen molar-refractivity contribution in [3.8, 4) is 11.8 Å². The van der Waals surface area contributed by atoms with Gasteiger partial charge in [0.25, 0.3) is 0 Å². The van der Waals surface area contributed by atoms with E-state index in [1.807, 2.05) is 12.1 Å². The molecule has 0 aliphatic carbocycles. The Balaban J connectivity index is 1.85. The summed E-state index contributed by atoms with van der Waals surface area (Å²) in [5, 5.41) is 13.8. The van der Waals surface area contributed by atoms with Crippen LogP contribution in [0.15, 0.2) is 36.4 Å². The second kappa shape index (κ2) is 7.43. The van der Waals surface area contributed by atoms with Crippen LogP contribution in [0.25, 0.3) is 0 Å². The predicted molar refractivity (Wildman–Crippen MR) is 80.5 cm³/mol. The van der Waals surface area contributed by atoms with Crippen LogP contribution in [-0.2, 0) is 6.54 Å². The number of benzene rings is 1. The average Bonchev–Trinajstić information content (AvgIpc) is 2.91. The van der Waals surface area contributed by atoms with Gasteiger partial charge < -0.3 is 15.7 Å².